The van der Waals surface area contributed by atoms with Gasteiger partial charge in [0, 0.05) is 10.9 Å². The predicted molar refractivity (Wildman–Crippen MR) is 108 cm³/mol. The minimum absolute atomic E-state index is 0.229. The number of nitrogens with zero attached hydrogens (tertiary/aromatic N) is 3. The molecule has 0 bridgehead atoms. The quantitative estimate of drug-likeness (QED) is 0.505. The summed E-state index contributed by atoms with van der Waals surface area (Å²) in [7, 11) is 3.18. The zero-order valence-electron chi connectivity index (χ0n) is 15.2. The molecule has 0 saturated carbocycles. The van der Waals surface area contributed by atoms with E-state index in [1.54, 1.807) is 14.2 Å². The fourth-order valence-corrected chi connectivity index (χ4v) is 3.15. The maximum Gasteiger partial charge on any atom is 0.196 e. The van der Waals surface area contributed by atoms with Crippen molar-refractivity contribution in [1.82, 2.24) is 4.98 Å². The largest absolute Gasteiger partial charge is 0.493 e. The summed E-state index contributed by atoms with van der Waals surface area (Å²) in [6, 6.07) is 15.4. The Labute approximate surface area is 161 Å². The van der Waals surface area contributed by atoms with Crippen molar-refractivity contribution in [2.45, 2.75) is 6.92 Å². The fourth-order valence-electron chi connectivity index (χ4n) is 2.38. The Morgan fingerprint density at radius 2 is 1.85 bits per heavy atom. The van der Waals surface area contributed by atoms with E-state index in [9.17, 15) is 5.26 Å². The number of aromatic nitrogens is 1. The van der Waals surface area contributed by atoms with Crippen LogP contribution in [0.4, 0.5) is 5.69 Å². The summed E-state index contributed by atoms with van der Waals surface area (Å²) in [4.78, 5) is 4.54. The van der Waals surface area contributed by atoms with Gasteiger partial charge in [0.2, 0.25) is 0 Å². The number of nitrogens with one attached hydrogen (secondary N) is 1. The van der Waals surface area contributed by atoms with Crippen LogP contribution in [0.25, 0.3) is 11.3 Å². The topological polar surface area (TPSA) is 79.5 Å². The first-order valence-corrected chi connectivity index (χ1v) is 9.01. The van der Waals surface area contributed by atoms with Crippen LogP contribution in [0.1, 0.15) is 10.6 Å². The molecule has 0 aliphatic heterocycles. The molecule has 0 atom stereocenters. The monoisotopic (exact) mass is 378 g/mol. The fraction of sp³-hybridized carbons (Fsp3) is 0.150. The number of aryl methyl sites for hydroxylation is 1. The van der Waals surface area contributed by atoms with Gasteiger partial charge in [-0.05, 0) is 37.3 Å². The summed E-state index contributed by atoms with van der Waals surface area (Å²) in [6.45, 7) is 2.01. The number of ether oxygens (including phenoxy) is 2. The van der Waals surface area contributed by atoms with Crippen molar-refractivity contribution in [3.63, 3.8) is 0 Å². The third-order valence-corrected chi connectivity index (χ3v) is 4.69. The molecule has 1 N–H and O–H groups in total. The van der Waals surface area contributed by atoms with Gasteiger partial charge in [-0.25, -0.2) is 4.98 Å². The number of nitriles is 1. The van der Waals surface area contributed by atoms with Crippen molar-refractivity contribution < 1.29 is 9.47 Å². The molecular weight excluding hydrogens is 360 g/mol. The van der Waals surface area contributed by atoms with E-state index < -0.39 is 0 Å². The van der Waals surface area contributed by atoms with Crippen molar-refractivity contribution in [3.8, 4) is 28.8 Å². The molecule has 7 heteroatoms. The lowest BCUT2D eigenvalue weighted by molar-refractivity contribution is 0.355. The number of rotatable bonds is 6. The average Bonchev–Trinajstić information content (AvgIpc) is 3.19. The average molecular weight is 378 g/mol. The highest BCUT2D eigenvalue weighted by atomic mass is 32.1. The first kappa shape index (κ1) is 18.4. The van der Waals surface area contributed by atoms with Crippen LogP contribution in [0, 0.1) is 18.3 Å². The second-order valence-corrected chi connectivity index (χ2v) is 6.52. The molecule has 2 aromatic carbocycles. The van der Waals surface area contributed by atoms with E-state index in [2.05, 4.69) is 21.6 Å². The summed E-state index contributed by atoms with van der Waals surface area (Å²) in [5, 5.41) is 16.1. The Balaban J connectivity index is 1.84. The van der Waals surface area contributed by atoms with Crippen LogP contribution in [0.2, 0.25) is 0 Å². The molecular formula is C20H18N4O2S. The number of hydrogen-bond acceptors (Lipinski definition) is 7. The molecule has 0 radical (unpaired) electrons. The summed E-state index contributed by atoms with van der Waals surface area (Å²) in [5.74, 6) is 1.28. The van der Waals surface area contributed by atoms with E-state index in [0.29, 0.717) is 16.5 Å². The third kappa shape index (κ3) is 4.25. The Morgan fingerprint density at radius 1 is 1.11 bits per heavy atom. The Morgan fingerprint density at radius 3 is 2.52 bits per heavy atom. The van der Waals surface area contributed by atoms with Gasteiger partial charge < -0.3 is 9.47 Å². The zero-order chi connectivity index (χ0) is 19.2. The van der Waals surface area contributed by atoms with Crippen LogP contribution < -0.4 is 14.9 Å². The second kappa shape index (κ2) is 8.34. The van der Waals surface area contributed by atoms with E-state index >= 15 is 0 Å². The Kier molecular flexibility index (Phi) is 5.69. The number of anilines is 1. The number of thiazole rings is 1. The summed E-state index contributed by atoms with van der Waals surface area (Å²) in [5.41, 5.74) is 6.71. The van der Waals surface area contributed by atoms with Gasteiger partial charge in [-0.2, -0.15) is 10.4 Å². The maximum absolute atomic E-state index is 9.44. The van der Waals surface area contributed by atoms with Crippen molar-refractivity contribution in [2.24, 2.45) is 5.10 Å². The van der Waals surface area contributed by atoms with Crippen molar-refractivity contribution >= 4 is 22.7 Å². The zero-order valence-corrected chi connectivity index (χ0v) is 16.0. The highest BCUT2D eigenvalue weighted by Crippen LogP contribution is 2.32. The molecule has 3 aromatic rings. The minimum Gasteiger partial charge on any atom is -0.493 e. The van der Waals surface area contributed by atoms with Gasteiger partial charge in [0.15, 0.2) is 22.2 Å². The lowest BCUT2D eigenvalue weighted by Gasteiger charge is -2.08. The highest BCUT2D eigenvalue weighted by Gasteiger charge is 2.12. The van der Waals surface area contributed by atoms with Gasteiger partial charge in [-0.1, -0.05) is 17.7 Å². The molecule has 1 aromatic heterocycles. The van der Waals surface area contributed by atoms with Gasteiger partial charge in [0.05, 0.1) is 25.6 Å². The number of methoxy groups -OCH3 is 2. The van der Waals surface area contributed by atoms with Crippen molar-refractivity contribution in [3.05, 3.63) is 58.4 Å². The molecule has 0 unspecified atom stereocenters. The summed E-state index contributed by atoms with van der Waals surface area (Å²) in [6.07, 6.45) is 0. The maximum atomic E-state index is 9.44. The second-order valence-electron chi connectivity index (χ2n) is 5.66. The van der Waals surface area contributed by atoms with Crippen LogP contribution in [-0.4, -0.2) is 24.9 Å². The number of hydrogen-bond donors (Lipinski definition) is 1. The molecule has 136 valence electrons. The Hall–Kier alpha value is -3.37. The van der Waals surface area contributed by atoms with Gasteiger partial charge >= 0.3 is 0 Å². The van der Waals surface area contributed by atoms with E-state index in [0.717, 1.165) is 22.5 Å². The third-order valence-electron chi connectivity index (χ3n) is 3.84. The lowest BCUT2D eigenvalue weighted by Crippen LogP contribution is -2.01. The van der Waals surface area contributed by atoms with Crippen molar-refractivity contribution in [1.29, 1.82) is 5.26 Å². The van der Waals surface area contributed by atoms with E-state index in [-0.39, 0.29) is 5.71 Å². The minimum atomic E-state index is 0.229. The van der Waals surface area contributed by atoms with Crippen molar-refractivity contribution in [2.75, 3.05) is 19.6 Å². The number of benzene rings is 2. The molecule has 27 heavy (non-hydrogen) atoms. The first-order chi connectivity index (χ1) is 13.1. The molecule has 6 nitrogen and oxygen atoms in total. The van der Waals surface area contributed by atoms with E-state index in [1.807, 2.05) is 54.8 Å². The van der Waals surface area contributed by atoms with Gasteiger partial charge in [0.25, 0.3) is 0 Å². The summed E-state index contributed by atoms with van der Waals surface area (Å²) < 4.78 is 10.6. The van der Waals surface area contributed by atoms with Gasteiger partial charge in [-0.15, -0.1) is 11.3 Å². The highest BCUT2D eigenvalue weighted by molar-refractivity contribution is 7.12. The standard InChI is InChI=1S/C20H18N4O2S/c1-13-4-7-15(8-5-13)23-24-16(11-21)20-22-17(12-27-20)14-6-9-18(25-2)19(10-14)26-3/h4-10,12,23H,1-3H3/b24-16+. The van der Waals surface area contributed by atoms with Gasteiger partial charge in [0.1, 0.15) is 6.07 Å². The molecule has 0 saturated heterocycles. The lowest BCUT2D eigenvalue weighted by atomic mass is 10.1. The molecule has 1 heterocycles. The van der Waals surface area contributed by atoms with Crippen LogP contribution in [-0.2, 0) is 0 Å². The SMILES string of the molecule is COc1ccc(-c2csc(/C(C#N)=N/Nc3ccc(C)cc3)n2)cc1OC. The van der Waals surface area contributed by atoms with Crippen LogP contribution in [0.3, 0.4) is 0 Å². The normalized spacial score (nSPS) is 11.0. The van der Waals surface area contributed by atoms with Crippen LogP contribution in [0.5, 0.6) is 11.5 Å². The summed E-state index contributed by atoms with van der Waals surface area (Å²) >= 11 is 1.36. The smallest absolute Gasteiger partial charge is 0.196 e. The molecule has 0 aliphatic rings. The van der Waals surface area contributed by atoms with E-state index in [4.69, 9.17) is 9.47 Å². The Bertz CT molecular complexity index is 1000. The number of hydrazone groups is 1. The molecule has 0 amide bonds. The first-order valence-electron chi connectivity index (χ1n) is 8.13. The molecule has 0 spiro atoms. The van der Waals surface area contributed by atoms with E-state index in [1.165, 1.54) is 11.3 Å². The van der Waals surface area contributed by atoms with Crippen LogP contribution >= 0.6 is 11.3 Å². The van der Waals surface area contributed by atoms with Gasteiger partial charge in [-0.3, -0.25) is 5.43 Å². The molecule has 0 fully saturated rings. The molecule has 0 aliphatic carbocycles. The van der Waals surface area contributed by atoms with Crippen LogP contribution in [0.15, 0.2) is 52.9 Å². The molecule has 3 rings (SSSR count). The predicted octanol–water partition coefficient (Wildman–Crippen LogP) is 4.48.